The first-order valence-corrected chi connectivity index (χ1v) is 30.2. The van der Waals surface area contributed by atoms with Gasteiger partial charge in [0.05, 0.1) is 18.1 Å². The maximum atomic E-state index is 13.9. The molecule has 0 saturated carbocycles. The number of carbonyl (C=O) groups excluding carboxylic acids is 3. The van der Waals surface area contributed by atoms with Crippen LogP contribution in [0.5, 0.6) is 0 Å². The average Bonchev–Trinajstić information content (AvgIpc) is 3.40. The SMILES string of the molecule is CCCCCCCCCCSC(=O)C(CC(CC(C#N)CC(CC)c1ccccc1)C(N)=O)CC(C)(C)C(=O)OCCCOCCCCOCCCCOCCCCOCCCCOCCCCOCCCCO. The van der Waals surface area contributed by atoms with Gasteiger partial charge >= 0.3 is 5.97 Å². The molecule has 0 radical (unpaired) electrons. The molecule has 0 aliphatic rings. The third kappa shape index (κ3) is 39.7. The lowest BCUT2D eigenvalue weighted by atomic mass is 9.76. The highest BCUT2D eigenvalue weighted by molar-refractivity contribution is 8.13. The minimum absolute atomic E-state index is 0.0290. The van der Waals surface area contributed by atoms with E-state index < -0.39 is 29.1 Å². The molecule has 13 nitrogen and oxygen atoms in total. The third-order valence-corrected chi connectivity index (χ3v) is 14.6. The van der Waals surface area contributed by atoms with Crippen LogP contribution in [0.1, 0.15) is 206 Å². The summed E-state index contributed by atoms with van der Waals surface area (Å²) in [5, 5.41) is 19.0. The number of thioether (sulfide) groups is 1. The Morgan fingerprint density at radius 2 is 1.00 bits per heavy atom. The highest BCUT2D eigenvalue weighted by Gasteiger charge is 2.38. The molecule has 0 aromatic heterocycles. The Balaban J connectivity index is 2.27. The van der Waals surface area contributed by atoms with Crippen LogP contribution in [0.2, 0.25) is 0 Å². The van der Waals surface area contributed by atoms with Gasteiger partial charge in [-0.15, -0.1) is 0 Å². The second-order valence-corrected chi connectivity index (χ2v) is 21.8. The molecule has 1 amide bonds. The minimum Gasteiger partial charge on any atom is -0.465 e. The molecule has 1 rings (SSSR count). The summed E-state index contributed by atoms with van der Waals surface area (Å²) in [6, 6.07) is 12.6. The molecule has 1 aromatic rings. The molecule has 4 atom stereocenters. The number of rotatable bonds is 55. The first-order chi connectivity index (χ1) is 36.1. The minimum atomic E-state index is -0.975. The summed E-state index contributed by atoms with van der Waals surface area (Å²) >= 11 is 1.30. The van der Waals surface area contributed by atoms with Crippen molar-refractivity contribution >= 4 is 28.8 Å². The van der Waals surface area contributed by atoms with Gasteiger partial charge in [0.25, 0.3) is 0 Å². The van der Waals surface area contributed by atoms with E-state index in [0.717, 1.165) is 162 Å². The van der Waals surface area contributed by atoms with Crippen LogP contribution in [0.4, 0.5) is 0 Å². The summed E-state index contributed by atoms with van der Waals surface area (Å²) in [6.07, 6.45) is 23.7. The second-order valence-electron chi connectivity index (χ2n) is 20.7. The highest BCUT2D eigenvalue weighted by Crippen LogP contribution is 2.37. The van der Waals surface area contributed by atoms with E-state index in [1.54, 1.807) is 13.8 Å². The van der Waals surface area contributed by atoms with Crippen LogP contribution < -0.4 is 5.73 Å². The fourth-order valence-corrected chi connectivity index (χ4v) is 9.77. The van der Waals surface area contributed by atoms with Crippen LogP contribution in [0, 0.1) is 34.5 Å². The van der Waals surface area contributed by atoms with Gasteiger partial charge in [-0.3, -0.25) is 14.4 Å². The molecule has 0 fully saturated rings. The van der Waals surface area contributed by atoms with Crippen molar-refractivity contribution in [1.82, 2.24) is 0 Å². The van der Waals surface area contributed by atoms with E-state index in [0.29, 0.717) is 38.4 Å². The van der Waals surface area contributed by atoms with Crippen molar-refractivity contribution in [3.8, 4) is 6.07 Å². The largest absolute Gasteiger partial charge is 0.465 e. The van der Waals surface area contributed by atoms with Gasteiger partial charge in [-0.1, -0.05) is 101 Å². The molecule has 428 valence electrons. The zero-order valence-corrected chi connectivity index (χ0v) is 48.0. The fourth-order valence-electron chi connectivity index (χ4n) is 8.80. The molecular weight excluding hydrogens is 957 g/mol. The normalized spacial score (nSPS) is 13.4. The molecule has 14 heteroatoms. The number of nitriles is 1. The molecule has 0 spiro atoms. The number of aliphatic hydroxyl groups is 1. The van der Waals surface area contributed by atoms with Crippen molar-refractivity contribution < 1.29 is 52.6 Å². The Hall–Kier alpha value is -2.61. The summed E-state index contributed by atoms with van der Waals surface area (Å²) in [5.74, 6) is -1.70. The number of amides is 1. The van der Waals surface area contributed by atoms with Gasteiger partial charge in [-0.25, -0.2) is 0 Å². The summed E-state index contributed by atoms with van der Waals surface area (Å²) < 4.78 is 40.1. The Morgan fingerprint density at radius 3 is 1.42 bits per heavy atom. The summed E-state index contributed by atoms with van der Waals surface area (Å²) in [5.41, 5.74) is 6.20. The number of primary amides is 1. The van der Waals surface area contributed by atoms with E-state index in [1.807, 2.05) is 18.2 Å². The van der Waals surface area contributed by atoms with Crippen molar-refractivity contribution in [2.45, 2.75) is 201 Å². The van der Waals surface area contributed by atoms with Crippen LogP contribution in [0.3, 0.4) is 0 Å². The number of nitrogens with zero attached hydrogens (tertiary/aromatic N) is 1. The molecule has 0 aliphatic heterocycles. The van der Waals surface area contributed by atoms with Crippen molar-refractivity contribution in [1.29, 1.82) is 5.26 Å². The predicted molar refractivity (Wildman–Crippen MR) is 300 cm³/mol. The van der Waals surface area contributed by atoms with Crippen LogP contribution in [0.15, 0.2) is 30.3 Å². The number of aliphatic hydroxyl groups excluding tert-OH is 1. The fraction of sp³-hybridized carbons (Fsp3) is 0.833. The van der Waals surface area contributed by atoms with E-state index in [2.05, 4.69) is 32.0 Å². The Bertz CT molecular complexity index is 1500. The van der Waals surface area contributed by atoms with Crippen molar-refractivity contribution in [2.24, 2.45) is 28.9 Å². The zero-order chi connectivity index (χ0) is 54.0. The Labute approximate surface area is 454 Å². The average molecular weight is 1060 g/mol. The number of nitrogens with two attached hydrogens (primary N) is 1. The van der Waals surface area contributed by atoms with Gasteiger partial charge in [-0.05, 0) is 141 Å². The highest BCUT2D eigenvalue weighted by atomic mass is 32.2. The topological polar surface area (TPSA) is 186 Å². The smallest absolute Gasteiger partial charge is 0.311 e. The quantitative estimate of drug-likeness (QED) is 0.0464. The maximum absolute atomic E-state index is 13.9. The maximum Gasteiger partial charge on any atom is 0.311 e. The van der Waals surface area contributed by atoms with Crippen LogP contribution >= 0.6 is 11.8 Å². The lowest BCUT2D eigenvalue weighted by Crippen LogP contribution is -2.35. The summed E-state index contributed by atoms with van der Waals surface area (Å²) in [4.78, 5) is 40.4. The van der Waals surface area contributed by atoms with E-state index >= 15 is 0 Å². The summed E-state index contributed by atoms with van der Waals surface area (Å²) in [7, 11) is 0. The molecule has 0 heterocycles. The molecule has 0 saturated heterocycles. The van der Waals surface area contributed by atoms with Crippen LogP contribution in [-0.2, 0) is 47.5 Å². The molecule has 4 unspecified atom stereocenters. The molecule has 1 aromatic carbocycles. The van der Waals surface area contributed by atoms with E-state index in [-0.39, 0.29) is 49.5 Å². The lowest BCUT2D eigenvalue weighted by molar-refractivity contribution is -0.155. The van der Waals surface area contributed by atoms with E-state index in [4.69, 9.17) is 44.0 Å². The first-order valence-electron chi connectivity index (χ1n) is 29.2. The zero-order valence-electron chi connectivity index (χ0n) is 47.2. The number of esters is 1. The first kappa shape index (κ1) is 69.4. The Kier molecular flexibility index (Phi) is 46.8. The second kappa shape index (κ2) is 49.9. The van der Waals surface area contributed by atoms with Gasteiger partial charge in [0.2, 0.25) is 5.91 Å². The number of benzene rings is 1. The van der Waals surface area contributed by atoms with E-state index in [1.165, 1.54) is 49.4 Å². The molecule has 3 N–H and O–H groups in total. The number of carbonyl (C=O) groups is 3. The predicted octanol–water partition coefficient (Wildman–Crippen LogP) is 12.7. The van der Waals surface area contributed by atoms with E-state index in [9.17, 15) is 19.6 Å². The van der Waals surface area contributed by atoms with Crippen LogP contribution in [0.25, 0.3) is 0 Å². The molecule has 74 heavy (non-hydrogen) atoms. The molecular formula is C60H106N2O11S. The monoisotopic (exact) mass is 1060 g/mol. The van der Waals surface area contributed by atoms with Gasteiger partial charge in [0.1, 0.15) is 0 Å². The number of ether oxygens (including phenoxy) is 7. The standard InChI is InChI=1S/C60H106N2O11S/c1-5-7-8-9-10-11-12-28-46-74-58(65)56(49-55(57(62)64)48-52(51-61)47-53(6-2)54-30-14-13-15-31-54)50-60(3,4)59(66)73-45-29-44-72-43-27-26-42-71-41-25-24-40-70-39-23-22-38-69-37-21-20-36-68-35-19-18-34-67-33-17-16-32-63/h13-15,30-31,52-53,55-56,63H,5-12,16-29,32-50H2,1-4H3,(H2,62,64). The van der Waals surface area contributed by atoms with Crippen molar-refractivity contribution in [3.63, 3.8) is 0 Å². The third-order valence-electron chi connectivity index (χ3n) is 13.4. The number of hydrogen-bond donors (Lipinski definition) is 2. The van der Waals surface area contributed by atoms with Gasteiger partial charge in [0, 0.05) is 116 Å². The van der Waals surface area contributed by atoms with Gasteiger partial charge < -0.3 is 44.0 Å². The van der Waals surface area contributed by atoms with Gasteiger partial charge in [-0.2, -0.15) is 5.26 Å². The summed E-state index contributed by atoms with van der Waals surface area (Å²) in [6.45, 7) is 17.0. The van der Waals surface area contributed by atoms with Crippen LogP contribution in [-0.4, -0.2) is 120 Å². The Morgan fingerprint density at radius 1 is 0.568 bits per heavy atom. The van der Waals surface area contributed by atoms with Gasteiger partial charge in [0.15, 0.2) is 5.12 Å². The molecule has 0 bridgehead atoms. The lowest BCUT2D eigenvalue weighted by Gasteiger charge is -2.29. The molecule has 0 aliphatic carbocycles. The van der Waals surface area contributed by atoms with Crippen molar-refractivity contribution in [2.75, 3.05) is 98.2 Å². The van der Waals surface area contributed by atoms with Crippen molar-refractivity contribution in [3.05, 3.63) is 35.9 Å². The number of unbranched alkanes of at least 4 members (excludes halogenated alkanes) is 13. The number of hydrogen-bond acceptors (Lipinski definition) is 13.